The van der Waals surface area contributed by atoms with Crippen LogP contribution in [0.3, 0.4) is 0 Å². The molecule has 11 nitrogen and oxygen atoms in total. The normalized spacial score (nSPS) is 11.3. The van der Waals surface area contributed by atoms with Crippen LogP contribution in [0.5, 0.6) is 23.0 Å². The van der Waals surface area contributed by atoms with E-state index in [1.54, 1.807) is 12.1 Å². The van der Waals surface area contributed by atoms with Crippen molar-refractivity contribution in [2.45, 2.75) is 0 Å². The van der Waals surface area contributed by atoms with Crippen LogP contribution in [0.4, 0.5) is 11.4 Å². The third-order valence-electron chi connectivity index (χ3n) is 4.26. The molecule has 0 heterocycles. The molecule has 0 saturated heterocycles. The van der Waals surface area contributed by atoms with E-state index in [1.807, 2.05) is 0 Å². The van der Waals surface area contributed by atoms with E-state index < -0.39 is 21.9 Å². The van der Waals surface area contributed by atoms with Crippen molar-refractivity contribution in [2.75, 3.05) is 38.5 Å². The fourth-order valence-corrected chi connectivity index (χ4v) is 3.58. The summed E-state index contributed by atoms with van der Waals surface area (Å²) in [6, 6.07) is 7.36. The number of carboxylic acid groups (broad SMARTS) is 1. The van der Waals surface area contributed by atoms with Gasteiger partial charge >= 0.3 is 5.97 Å². The van der Waals surface area contributed by atoms with Crippen LogP contribution >= 0.6 is 0 Å². The zero-order chi connectivity index (χ0) is 25.3. The largest absolute Gasteiger partial charge is 0.496 e. The smallest absolute Gasteiger partial charge is 0.328 e. The van der Waals surface area contributed by atoms with Gasteiger partial charge in [0.1, 0.15) is 23.0 Å². The van der Waals surface area contributed by atoms with E-state index in [1.165, 1.54) is 52.7 Å². The number of nitrogens with one attached hydrogen (secondary N) is 2. The van der Waals surface area contributed by atoms with Gasteiger partial charge in [0.2, 0.25) is 5.91 Å². The SMILES string of the molecule is COc1cc(OC)c(C=CS(=O)(=O)Nc2ccc(OC)c(NC(=O)C=CC(=O)O)c2)c(OC)c1. The van der Waals surface area contributed by atoms with E-state index in [0.29, 0.717) is 28.9 Å². The van der Waals surface area contributed by atoms with Crippen LogP contribution in [0.1, 0.15) is 5.56 Å². The van der Waals surface area contributed by atoms with Crippen molar-refractivity contribution in [1.29, 1.82) is 0 Å². The van der Waals surface area contributed by atoms with Crippen LogP contribution in [0.2, 0.25) is 0 Å². The van der Waals surface area contributed by atoms with Crippen molar-refractivity contribution in [3.05, 3.63) is 53.5 Å². The van der Waals surface area contributed by atoms with Crippen molar-refractivity contribution in [3.8, 4) is 23.0 Å². The molecular formula is C22H24N2O9S. The molecule has 0 bridgehead atoms. The van der Waals surface area contributed by atoms with Gasteiger partial charge in [-0.2, -0.15) is 0 Å². The number of carbonyl (C=O) groups is 2. The summed E-state index contributed by atoms with van der Waals surface area (Å²) in [6.45, 7) is 0. The number of hydrogen-bond acceptors (Lipinski definition) is 8. The predicted octanol–water partition coefficient (Wildman–Crippen LogP) is 2.71. The van der Waals surface area contributed by atoms with Gasteiger partial charge in [-0.05, 0) is 24.3 Å². The van der Waals surface area contributed by atoms with Crippen molar-refractivity contribution in [3.63, 3.8) is 0 Å². The van der Waals surface area contributed by atoms with Gasteiger partial charge in [0.05, 0.1) is 50.8 Å². The van der Waals surface area contributed by atoms with Gasteiger partial charge in [0, 0.05) is 24.3 Å². The van der Waals surface area contributed by atoms with Gasteiger partial charge in [0.15, 0.2) is 0 Å². The Labute approximate surface area is 196 Å². The summed E-state index contributed by atoms with van der Waals surface area (Å²) in [5, 5.41) is 12.0. The van der Waals surface area contributed by atoms with Gasteiger partial charge in [-0.3, -0.25) is 9.52 Å². The quantitative estimate of drug-likeness (QED) is 0.402. The molecule has 0 aliphatic carbocycles. The Balaban J connectivity index is 2.31. The van der Waals surface area contributed by atoms with Crippen LogP contribution < -0.4 is 29.0 Å². The zero-order valence-corrected chi connectivity index (χ0v) is 19.6. The molecule has 34 heavy (non-hydrogen) atoms. The lowest BCUT2D eigenvalue weighted by Gasteiger charge is -2.13. The van der Waals surface area contributed by atoms with Crippen LogP contribution in [-0.4, -0.2) is 53.8 Å². The lowest BCUT2D eigenvalue weighted by Crippen LogP contribution is -2.12. The number of hydrogen-bond donors (Lipinski definition) is 3. The minimum Gasteiger partial charge on any atom is -0.496 e. The third kappa shape index (κ3) is 7.17. The van der Waals surface area contributed by atoms with E-state index >= 15 is 0 Å². The van der Waals surface area contributed by atoms with Crippen molar-refractivity contribution >= 4 is 39.4 Å². The fraction of sp³-hybridized carbons (Fsp3) is 0.182. The number of amides is 1. The molecule has 0 fully saturated rings. The molecule has 0 spiro atoms. The topological polar surface area (TPSA) is 149 Å². The highest BCUT2D eigenvalue weighted by atomic mass is 32.2. The number of sulfonamides is 1. The second kappa shape index (κ2) is 11.6. The maximum absolute atomic E-state index is 12.7. The van der Waals surface area contributed by atoms with Gasteiger partial charge in [-0.15, -0.1) is 0 Å². The summed E-state index contributed by atoms with van der Waals surface area (Å²) >= 11 is 0. The Hall–Kier alpha value is -4.19. The molecule has 0 atom stereocenters. The Bertz CT molecular complexity index is 1200. The summed E-state index contributed by atoms with van der Waals surface area (Å²) in [5.74, 6) is -0.640. The highest BCUT2D eigenvalue weighted by Gasteiger charge is 2.14. The van der Waals surface area contributed by atoms with E-state index in [0.717, 1.165) is 11.5 Å². The number of aliphatic carboxylic acids is 1. The van der Waals surface area contributed by atoms with E-state index in [4.69, 9.17) is 24.1 Å². The first kappa shape index (κ1) is 26.1. The monoisotopic (exact) mass is 492 g/mol. The van der Waals surface area contributed by atoms with E-state index in [-0.39, 0.29) is 17.1 Å². The maximum Gasteiger partial charge on any atom is 0.328 e. The molecule has 1 amide bonds. The lowest BCUT2D eigenvalue weighted by molar-refractivity contribution is -0.131. The standard InChI is InChI=1S/C22H24N2O9S/c1-30-15-12-19(32-3)16(20(13-15)33-4)9-10-34(28,29)24-14-5-6-18(31-2)17(11-14)23-21(25)7-8-22(26)27/h5-13,24H,1-4H3,(H,23,25)(H,26,27). The molecule has 12 heteroatoms. The summed E-state index contributed by atoms with van der Waals surface area (Å²) in [5.41, 5.74) is 0.630. The molecule has 0 aliphatic rings. The first-order valence-electron chi connectivity index (χ1n) is 9.53. The summed E-state index contributed by atoms with van der Waals surface area (Å²) in [6.07, 6.45) is 2.79. The van der Waals surface area contributed by atoms with E-state index in [2.05, 4.69) is 10.0 Å². The average Bonchev–Trinajstić information content (AvgIpc) is 2.80. The summed E-state index contributed by atoms with van der Waals surface area (Å²) in [7, 11) is 1.69. The third-order valence-corrected chi connectivity index (χ3v) is 5.28. The minimum atomic E-state index is -4.00. The van der Waals surface area contributed by atoms with Crippen LogP contribution in [-0.2, 0) is 19.6 Å². The Kier molecular flexibility index (Phi) is 8.90. The molecule has 3 N–H and O–H groups in total. The molecule has 182 valence electrons. The summed E-state index contributed by atoms with van der Waals surface area (Å²) in [4.78, 5) is 22.5. The van der Waals surface area contributed by atoms with Gasteiger partial charge in [0.25, 0.3) is 10.0 Å². The number of methoxy groups -OCH3 is 4. The van der Waals surface area contributed by atoms with Gasteiger partial charge in [-0.1, -0.05) is 0 Å². The number of anilines is 2. The van der Waals surface area contributed by atoms with E-state index in [9.17, 15) is 18.0 Å². The minimum absolute atomic E-state index is 0.122. The van der Waals surface area contributed by atoms with Gasteiger partial charge < -0.3 is 29.4 Å². The Morgan fingerprint density at radius 3 is 2.03 bits per heavy atom. The molecular weight excluding hydrogens is 468 g/mol. The zero-order valence-electron chi connectivity index (χ0n) is 18.8. The van der Waals surface area contributed by atoms with Crippen molar-refractivity contribution < 1.29 is 42.1 Å². The second-order valence-corrected chi connectivity index (χ2v) is 8.04. The number of benzene rings is 2. The number of carboxylic acids is 1. The maximum atomic E-state index is 12.7. The van der Waals surface area contributed by atoms with Crippen LogP contribution in [0.25, 0.3) is 6.08 Å². The molecule has 2 rings (SSSR count). The first-order valence-corrected chi connectivity index (χ1v) is 11.1. The second-order valence-electron chi connectivity index (χ2n) is 6.47. The molecule has 0 aromatic heterocycles. The highest BCUT2D eigenvalue weighted by Crippen LogP contribution is 2.35. The Morgan fingerprint density at radius 1 is 0.882 bits per heavy atom. The van der Waals surface area contributed by atoms with Crippen LogP contribution in [0, 0.1) is 0 Å². The first-order chi connectivity index (χ1) is 16.1. The fourth-order valence-electron chi connectivity index (χ4n) is 2.74. The van der Waals surface area contributed by atoms with Gasteiger partial charge in [-0.25, -0.2) is 13.2 Å². The summed E-state index contributed by atoms with van der Waals surface area (Å²) < 4.78 is 48.6. The number of carbonyl (C=O) groups excluding carboxylic acids is 1. The molecule has 0 unspecified atom stereocenters. The molecule has 2 aromatic rings. The van der Waals surface area contributed by atoms with Crippen molar-refractivity contribution in [2.24, 2.45) is 0 Å². The highest BCUT2D eigenvalue weighted by molar-refractivity contribution is 7.95. The average molecular weight is 493 g/mol. The van der Waals surface area contributed by atoms with Crippen molar-refractivity contribution in [1.82, 2.24) is 0 Å². The number of ether oxygens (including phenoxy) is 4. The molecule has 2 aromatic carbocycles. The lowest BCUT2D eigenvalue weighted by atomic mass is 10.1. The molecule has 0 radical (unpaired) electrons. The molecule has 0 saturated carbocycles. The van der Waals surface area contributed by atoms with Crippen LogP contribution in [0.15, 0.2) is 47.9 Å². The molecule has 0 aliphatic heterocycles. The number of rotatable bonds is 11. The predicted molar refractivity (Wildman–Crippen MR) is 126 cm³/mol. The Morgan fingerprint density at radius 2 is 1.50 bits per heavy atom.